The summed E-state index contributed by atoms with van der Waals surface area (Å²) in [6, 6.07) is 13.6. The maximum Gasteiger partial charge on any atom is 0.260 e. The topological polar surface area (TPSA) is 60.1 Å². The molecule has 0 saturated carbocycles. The lowest BCUT2D eigenvalue weighted by Gasteiger charge is -2.12. The van der Waals surface area contributed by atoms with Crippen LogP contribution in [0.25, 0.3) is 0 Å². The first kappa shape index (κ1) is 13.2. The van der Waals surface area contributed by atoms with E-state index in [1.54, 1.807) is 12.1 Å². The van der Waals surface area contributed by atoms with Crippen molar-refractivity contribution in [3.8, 4) is 0 Å². The maximum atomic E-state index is 11.9. The summed E-state index contributed by atoms with van der Waals surface area (Å²) in [7, 11) is 0. The van der Waals surface area contributed by atoms with Gasteiger partial charge >= 0.3 is 0 Å². The first-order valence-corrected chi connectivity index (χ1v) is 6.67. The minimum atomic E-state index is -0.235. The molecule has 0 spiro atoms. The number of nitrogens with zero attached hydrogens (tertiary/aromatic N) is 2. The monoisotopic (exact) mass is 281 g/mol. The summed E-state index contributed by atoms with van der Waals surface area (Å²) in [5.74, 6) is 0.283. The normalized spacial score (nSPS) is 12.0. The maximum absolute atomic E-state index is 11.9. The van der Waals surface area contributed by atoms with Gasteiger partial charge in [-0.25, -0.2) is 0 Å². The van der Waals surface area contributed by atoms with Gasteiger partial charge in [-0.05, 0) is 18.6 Å². The van der Waals surface area contributed by atoms with Gasteiger partial charge in [0.2, 0.25) is 0 Å². The van der Waals surface area contributed by atoms with E-state index in [1.165, 1.54) is 12.5 Å². The molecule has 0 saturated heterocycles. The molecular formula is C16H15N3O2. The Balaban J connectivity index is 1.73. The van der Waals surface area contributed by atoms with Gasteiger partial charge in [-0.3, -0.25) is 9.48 Å². The summed E-state index contributed by atoms with van der Waals surface area (Å²) < 4.78 is 6.71. The second kappa shape index (κ2) is 5.66. The Kier molecular flexibility index (Phi) is 3.55. The van der Waals surface area contributed by atoms with Crippen molar-refractivity contribution in [2.24, 2.45) is 0 Å². The predicted octanol–water partition coefficient (Wildman–Crippen LogP) is 3.34. The van der Waals surface area contributed by atoms with Gasteiger partial charge in [0.1, 0.15) is 6.26 Å². The van der Waals surface area contributed by atoms with Crippen LogP contribution < -0.4 is 5.32 Å². The molecule has 106 valence electrons. The molecule has 3 rings (SSSR count). The Morgan fingerprint density at radius 2 is 2.05 bits per heavy atom. The quantitative estimate of drug-likeness (QED) is 0.798. The van der Waals surface area contributed by atoms with Gasteiger partial charge in [-0.1, -0.05) is 30.3 Å². The van der Waals surface area contributed by atoms with Crippen molar-refractivity contribution in [1.29, 1.82) is 0 Å². The van der Waals surface area contributed by atoms with Gasteiger partial charge in [0.15, 0.2) is 5.82 Å². The van der Waals surface area contributed by atoms with Gasteiger partial charge in [-0.15, -0.1) is 0 Å². The Morgan fingerprint density at radius 3 is 2.76 bits per heavy atom. The van der Waals surface area contributed by atoms with Crippen molar-refractivity contribution < 1.29 is 9.21 Å². The molecule has 1 aromatic carbocycles. The molecular weight excluding hydrogens is 266 g/mol. The fourth-order valence-electron chi connectivity index (χ4n) is 2.09. The summed E-state index contributed by atoms with van der Waals surface area (Å²) in [5, 5.41) is 7.13. The van der Waals surface area contributed by atoms with Crippen molar-refractivity contribution >= 4 is 11.7 Å². The number of carbonyl (C=O) groups excluding carboxylic acids is 1. The van der Waals surface area contributed by atoms with E-state index in [0.717, 1.165) is 5.56 Å². The Bertz CT molecular complexity index is 717. The molecule has 2 aromatic heterocycles. The molecule has 0 aliphatic heterocycles. The number of rotatable bonds is 4. The smallest absolute Gasteiger partial charge is 0.260 e. The SMILES string of the molecule is C[C@@H](c1ccccc1)n1ccc(NC(=O)c2ccoc2)n1. The second-order valence-electron chi connectivity index (χ2n) is 4.73. The number of furan rings is 1. The van der Waals surface area contributed by atoms with Crippen LogP contribution in [-0.4, -0.2) is 15.7 Å². The number of hydrogen-bond donors (Lipinski definition) is 1. The van der Waals surface area contributed by atoms with Crippen LogP contribution in [0.1, 0.15) is 28.9 Å². The van der Waals surface area contributed by atoms with Crippen LogP contribution in [0.2, 0.25) is 0 Å². The highest BCUT2D eigenvalue weighted by Crippen LogP contribution is 2.18. The molecule has 1 atom stereocenters. The molecule has 0 radical (unpaired) electrons. The molecule has 0 unspecified atom stereocenters. The minimum Gasteiger partial charge on any atom is -0.472 e. The van der Waals surface area contributed by atoms with Gasteiger partial charge in [0, 0.05) is 12.3 Å². The molecule has 2 heterocycles. The first-order valence-electron chi connectivity index (χ1n) is 6.67. The average molecular weight is 281 g/mol. The van der Waals surface area contributed by atoms with Crippen molar-refractivity contribution in [1.82, 2.24) is 9.78 Å². The highest BCUT2D eigenvalue weighted by atomic mass is 16.3. The lowest BCUT2D eigenvalue weighted by molar-refractivity contribution is 0.102. The Hall–Kier alpha value is -2.82. The summed E-state index contributed by atoms with van der Waals surface area (Å²) in [6.45, 7) is 2.06. The van der Waals surface area contributed by atoms with E-state index in [2.05, 4.69) is 29.5 Å². The zero-order valence-corrected chi connectivity index (χ0v) is 11.6. The third-order valence-electron chi connectivity index (χ3n) is 3.31. The highest BCUT2D eigenvalue weighted by molar-refractivity contribution is 6.03. The fourth-order valence-corrected chi connectivity index (χ4v) is 2.09. The van der Waals surface area contributed by atoms with Gasteiger partial charge < -0.3 is 9.73 Å². The van der Waals surface area contributed by atoms with Crippen LogP contribution in [0, 0.1) is 0 Å². The number of aromatic nitrogens is 2. The zero-order valence-electron chi connectivity index (χ0n) is 11.6. The van der Waals surface area contributed by atoms with E-state index in [-0.39, 0.29) is 11.9 Å². The largest absolute Gasteiger partial charge is 0.472 e. The van der Waals surface area contributed by atoms with E-state index < -0.39 is 0 Å². The summed E-state index contributed by atoms with van der Waals surface area (Å²) in [6.07, 6.45) is 4.71. The van der Waals surface area contributed by atoms with Crippen LogP contribution in [0.4, 0.5) is 5.82 Å². The Morgan fingerprint density at radius 1 is 1.24 bits per heavy atom. The first-order chi connectivity index (χ1) is 10.2. The van der Waals surface area contributed by atoms with E-state index in [9.17, 15) is 4.79 Å². The lowest BCUT2D eigenvalue weighted by atomic mass is 10.1. The average Bonchev–Trinajstić information content (AvgIpc) is 3.19. The van der Waals surface area contributed by atoms with E-state index >= 15 is 0 Å². The summed E-state index contributed by atoms with van der Waals surface area (Å²) in [4.78, 5) is 11.9. The number of hydrogen-bond acceptors (Lipinski definition) is 3. The van der Waals surface area contributed by atoms with Crippen LogP contribution in [0.5, 0.6) is 0 Å². The van der Waals surface area contributed by atoms with Gasteiger partial charge in [0.25, 0.3) is 5.91 Å². The third kappa shape index (κ3) is 2.86. The molecule has 0 bridgehead atoms. The van der Waals surface area contributed by atoms with Crippen molar-refractivity contribution in [3.05, 3.63) is 72.3 Å². The molecule has 1 amide bonds. The molecule has 0 aliphatic carbocycles. The molecule has 5 heteroatoms. The second-order valence-corrected chi connectivity index (χ2v) is 4.73. The van der Waals surface area contributed by atoms with Crippen molar-refractivity contribution in [2.75, 3.05) is 5.32 Å². The van der Waals surface area contributed by atoms with E-state index in [1.807, 2.05) is 29.1 Å². The van der Waals surface area contributed by atoms with Gasteiger partial charge in [-0.2, -0.15) is 5.10 Å². The van der Waals surface area contributed by atoms with Crippen LogP contribution >= 0.6 is 0 Å². The Labute approximate surface area is 122 Å². The molecule has 21 heavy (non-hydrogen) atoms. The number of benzene rings is 1. The third-order valence-corrected chi connectivity index (χ3v) is 3.31. The standard InChI is InChI=1S/C16H15N3O2/c1-12(13-5-3-2-4-6-13)19-9-7-15(18-19)17-16(20)14-8-10-21-11-14/h2-12H,1H3,(H,17,18,20)/t12-/m0/s1. The molecule has 5 nitrogen and oxygen atoms in total. The highest BCUT2D eigenvalue weighted by Gasteiger charge is 2.12. The van der Waals surface area contributed by atoms with Crippen molar-refractivity contribution in [2.45, 2.75) is 13.0 Å². The summed E-state index contributed by atoms with van der Waals surface area (Å²) >= 11 is 0. The molecule has 1 N–H and O–H groups in total. The van der Waals surface area contributed by atoms with Crippen LogP contribution in [0.3, 0.4) is 0 Å². The number of nitrogens with one attached hydrogen (secondary N) is 1. The zero-order chi connectivity index (χ0) is 14.7. The van der Waals surface area contributed by atoms with Crippen LogP contribution in [0.15, 0.2) is 65.6 Å². The fraction of sp³-hybridized carbons (Fsp3) is 0.125. The summed E-state index contributed by atoms with van der Waals surface area (Å²) in [5.41, 5.74) is 1.63. The number of amides is 1. The molecule has 3 aromatic rings. The number of anilines is 1. The van der Waals surface area contributed by atoms with E-state index in [4.69, 9.17) is 4.42 Å². The minimum absolute atomic E-state index is 0.103. The lowest BCUT2D eigenvalue weighted by Crippen LogP contribution is -2.13. The molecule has 0 fully saturated rings. The van der Waals surface area contributed by atoms with Gasteiger partial charge in [0.05, 0.1) is 17.9 Å². The van der Waals surface area contributed by atoms with Crippen LogP contribution in [-0.2, 0) is 0 Å². The number of carbonyl (C=O) groups is 1. The van der Waals surface area contributed by atoms with E-state index in [0.29, 0.717) is 11.4 Å². The van der Waals surface area contributed by atoms with Crippen molar-refractivity contribution in [3.63, 3.8) is 0 Å². The predicted molar refractivity (Wildman–Crippen MR) is 79.1 cm³/mol. The molecule has 0 aliphatic rings.